The summed E-state index contributed by atoms with van der Waals surface area (Å²) in [5.74, 6) is 0.373. The van der Waals surface area contributed by atoms with Gasteiger partial charge in [0.25, 0.3) is 0 Å². The number of hydrogen-bond acceptors (Lipinski definition) is 3. The van der Waals surface area contributed by atoms with Gasteiger partial charge in [-0.25, -0.2) is 4.79 Å². The van der Waals surface area contributed by atoms with E-state index in [-0.39, 0.29) is 0 Å². The van der Waals surface area contributed by atoms with Gasteiger partial charge in [0.05, 0.1) is 14.2 Å². The summed E-state index contributed by atoms with van der Waals surface area (Å²) < 4.78 is 10.4. The first-order chi connectivity index (χ1) is 8.62. The number of allylic oxidation sites excluding steroid dienone is 1. The molecule has 1 rings (SSSR count). The Morgan fingerprint density at radius 2 is 2.06 bits per heavy atom. The first kappa shape index (κ1) is 14.1. The van der Waals surface area contributed by atoms with E-state index in [1.54, 1.807) is 32.4 Å². The standard InChI is InChI=1S/C14H18O4/c1-4-5-10(8-14(15)16)12-9-11(17-2)6-7-13(12)18-3/h6-9H,4-5H2,1-3H3,(H,15,16)/b10-8+. The maximum atomic E-state index is 10.9. The lowest BCUT2D eigenvalue weighted by Crippen LogP contribution is -1.97. The minimum Gasteiger partial charge on any atom is -0.497 e. The Hall–Kier alpha value is -1.97. The van der Waals surface area contributed by atoms with Crippen molar-refractivity contribution < 1.29 is 19.4 Å². The van der Waals surface area contributed by atoms with Gasteiger partial charge in [0, 0.05) is 11.6 Å². The molecular weight excluding hydrogens is 232 g/mol. The van der Waals surface area contributed by atoms with E-state index in [4.69, 9.17) is 14.6 Å². The van der Waals surface area contributed by atoms with E-state index in [0.29, 0.717) is 17.9 Å². The topological polar surface area (TPSA) is 55.8 Å². The molecular formula is C14H18O4. The Balaban J connectivity index is 3.28. The van der Waals surface area contributed by atoms with Crippen LogP contribution in [0.2, 0.25) is 0 Å². The number of carboxylic acids is 1. The second kappa shape index (κ2) is 6.69. The van der Waals surface area contributed by atoms with Crippen LogP contribution in [0, 0.1) is 0 Å². The third kappa shape index (κ3) is 3.52. The Kier molecular flexibility index (Phi) is 5.24. The summed E-state index contributed by atoms with van der Waals surface area (Å²) in [4.78, 5) is 10.9. The largest absolute Gasteiger partial charge is 0.497 e. The first-order valence-corrected chi connectivity index (χ1v) is 5.78. The molecule has 0 saturated carbocycles. The van der Waals surface area contributed by atoms with Gasteiger partial charge >= 0.3 is 5.97 Å². The minimum atomic E-state index is -0.955. The highest BCUT2D eigenvalue weighted by molar-refractivity contribution is 5.91. The van der Waals surface area contributed by atoms with E-state index in [9.17, 15) is 4.79 Å². The van der Waals surface area contributed by atoms with Crippen LogP contribution in [0.15, 0.2) is 24.3 Å². The van der Waals surface area contributed by atoms with E-state index in [1.807, 2.05) is 6.92 Å². The van der Waals surface area contributed by atoms with Crippen molar-refractivity contribution in [3.8, 4) is 11.5 Å². The molecule has 0 aliphatic heterocycles. The van der Waals surface area contributed by atoms with Crippen molar-refractivity contribution in [1.82, 2.24) is 0 Å². The molecule has 0 radical (unpaired) electrons. The lowest BCUT2D eigenvalue weighted by molar-refractivity contribution is -0.131. The molecule has 0 spiro atoms. The Labute approximate surface area is 107 Å². The summed E-state index contributed by atoms with van der Waals surface area (Å²) in [5.41, 5.74) is 1.50. The number of methoxy groups -OCH3 is 2. The van der Waals surface area contributed by atoms with Crippen LogP contribution in [0.5, 0.6) is 11.5 Å². The summed E-state index contributed by atoms with van der Waals surface area (Å²) in [6.45, 7) is 2.00. The zero-order chi connectivity index (χ0) is 13.5. The van der Waals surface area contributed by atoms with Crippen LogP contribution in [0.1, 0.15) is 25.3 Å². The number of benzene rings is 1. The van der Waals surface area contributed by atoms with Gasteiger partial charge in [-0.05, 0) is 30.2 Å². The molecule has 0 aliphatic carbocycles. The normalized spacial score (nSPS) is 11.2. The third-order valence-corrected chi connectivity index (χ3v) is 2.57. The maximum Gasteiger partial charge on any atom is 0.328 e. The molecule has 0 aromatic heterocycles. The number of aliphatic carboxylic acids is 1. The number of carboxylic acid groups (broad SMARTS) is 1. The predicted molar refractivity (Wildman–Crippen MR) is 70.1 cm³/mol. The molecule has 1 aromatic rings. The van der Waals surface area contributed by atoms with Crippen LogP contribution in [-0.4, -0.2) is 25.3 Å². The first-order valence-electron chi connectivity index (χ1n) is 5.78. The molecule has 4 heteroatoms. The van der Waals surface area contributed by atoms with Gasteiger partial charge in [0.1, 0.15) is 11.5 Å². The fraction of sp³-hybridized carbons (Fsp3) is 0.357. The predicted octanol–water partition coefficient (Wildman–Crippen LogP) is 2.97. The van der Waals surface area contributed by atoms with Crippen molar-refractivity contribution in [2.45, 2.75) is 19.8 Å². The summed E-state index contributed by atoms with van der Waals surface area (Å²) in [6, 6.07) is 5.36. The van der Waals surface area contributed by atoms with Crippen molar-refractivity contribution >= 4 is 11.5 Å². The van der Waals surface area contributed by atoms with Gasteiger partial charge in [-0.15, -0.1) is 0 Å². The quantitative estimate of drug-likeness (QED) is 0.788. The summed E-state index contributed by atoms with van der Waals surface area (Å²) in [5, 5.41) is 8.91. The minimum absolute atomic E-state index is 0.650. The van der Waals surface area contributed by atoms with Gasteiger partial charge < -0.3 is 14.6 Å². The molecule has 18 heavy (non-hydrogen) atoms. The Morgan fingerprint density at radius 1 is 1.33 bits per heavy atom. The average Bonchev–Trinajstić information content (AvgIpc) is 2.37. The zero-order valence-electron chi connectivity index (χ0n) is 10.9. The maximum absolute atomic E-state index is 10.9. The van der Waals surface area contributed by atoms with Crippen LogP contribution in [0.25, 0.3) is 5.57 Å². The molecule has 1 N–H and O–H groups in total. The molecule has 98 valence electrons. The lowest BCUT2D eigenvalue weighted by atomic mass is 9.99. The Morgan fingerprint density at radius 3 is 2.56 bits per heavy atom. The summed E-state index contributed by atoms with van der Waals surface area (Å²) in [6.07, 6.45) is 2.76. The third-order valence-electron chi connectivity index (χ3n) is 2.57. The number of carbonyl (C=O) groups is 1. The van der Waals surface area contributed by atoms with Gasteiger partial charge in [0.2, 0.25) is 0 Å². The number of ether oxygens (including phenoxy) is 2. The van der Waals surface area contributed by atoms with Crippen molar-refractivity contribution in [1.29, 1.82) is 0 Å². The lowest BCUT2D eigenvalue weighted by Gasteiger charge is -2.12. The van der Waals surface area contributed by atoms with Crippen molar-refractivity contribution in [3.05, 3.63) is 29.8 Å². The van der Waals surface area contributed by atoms with Crippen LogP contribution in [0.3, 0.4) is 0 Å². The van der Waals surface area contributed by atoms with E-state index >= 15 is 0 Å². The molecule has 0 unspecified atom stereocenters. The van der Waals surface area contributed by atoms with E-state index in [2.05, 4.69) is 0 Å². The highest BCUT2D eigenvalue weighted by atomic mass is 16.5. The van der Waals surface area contributed by atoms with Crippen LogP contribution >= 0.6 is 0 Å². The van der Waals surface area contributed by atoms with Gasteiger partial charge in [0.15, 0.2) is 0 Å². The van der Waals surface area contributed by atoms with Crippen molar-refractivity contribution in [2.75, 3.05) is 14.2 Å². The molecule has 0 aliphatic rings. The van der Waals surface area contributed by atoms with E-state index in [1.165, 1.54) is 6.08 Å². The monoisotopic (exact) mass is 250 g/mol. The zero-order valence-corrected chi connectivity index (χ0v) is 10.9. The summed E-state index contributed by atoms with van der Waals surface area (Å²) >= 11 is 0. The molecule has 0 atom stereocenters. The van der Waals surface area contributed by atoms with Crippen LogP contribution in [0.4, 0.5) is 0 Å². The molecule has 1 aromatic carbocycles. The Bertz CT molecular complexity index is 449. The highest BCUT2D eigenvalue weighted by Gasteiger charge is 2.11. The molecule has 0 fully saturated rings. The molecule has 0 bridgehead atoms. The van der Waals surface area contributed by atoms with E-state index in [0.717, 1.165) is 17.6 Å². The molecule has 0 saturated heterocycles. The van der Waals surface area contributed by atoms with Crippen molar-refractivity contribution in [2.24, 2.45) is 0 Å². The molecule has 4 nitrogen and oxygen atoms in total. The molecule has 0 heterocycles. The average molecular weight is 250 g/mol. The number of rotatable bonds is 6. The summed E-state index contributed by atoms with van der Waals surface area (Å²) in [7, 11) is 3.14. The fourth-order valence-electron chi connectivity index (χ4n) is 1.77. The van der Waals surface area contributed by atoms with Gasteiger partial charge in [-0.2, -0.15) is 0 Å². The second-order valence-corrected chi connectivity index (χ2v) is 3.82. The van der Waals surface area contributed by atoms with Crippen molar-refractivity contribution in [3.63, 3.8) is 0 Å². The highest BCUT2D eigenvalue weighted by Crippen LogP contribution is 2.32. The fourth-order valence-corrected chi connectivity index (χ4v) is 1.77. The molecule has 0 amide bonds. The van der Waals surface area contributed by atoms with Crippen LogP contribution < -0.4 is 9.47 Å². The second-order valence-electron chi connectivity index (χ2n) is 3.82. The smallest absolute Gasteiger partial charge is 0.328 e. The van der Waals surface area contributed by atoms with Gasteiger partial charge in [-0.1, -0.05) is 13.3 Å². The number of hydrogen-bond donors (Lipinski definition) is 1. The van der Waals surface area contributed by atoms with Crippen LogP contribution in [-0.2, 0) is 4.79 Å². The van der Waals surface area contributed by atoms with E-state index < -0.39 is 5.97 Å². The SMILES string of the molecule is CCC/C(=C\C(=O)O)c1cc(OC)ccc1OC. The van der Waals surface area contributed by atoms with Gasteiger partial charge in [-0.3, -0.25) is 0 Å².